The summed E-state index contributed by atoms with van der Waals surface area (Å²) in [6.07, 6.45) is 9.68. The predicted molar refractivity (Wildman–Crippen MR) is 211 cm³/mol. The van der Waals surface area contributed by atoms with E-state index >= 15 is 0 Å². The first-order valence-corrected chi connectivity index (χ1v) is 18.4. The van der Waals surface area contributed by atoms with Gasteiger partial charge in [0.05, 0.1) is 16.4 Å². The van der Waals surface area contributed by atoms with Crippen LogP contribution < -0.4 is 10.2 Å². The third-order valence-electron chi connectivity index (χ3n) is 11.3. The first kappa shape index (κ1) is 30.3. The van der Waals surface area contributed by atoms with Gasteiger partial charge in [-0.3, -0.25) is 0 Å². The number of rotatable bonds is 5. The molecule has 2 aliphatic carbocycles. The van der Waals surface area contributed by atoms with Crippen molar-refractivity contribution in [2.75, 3.05) is 10.2 Å². The lowest BCUT2D eigenvalue weighted by Crippen LogP contribution is -2.15. The second-order valence-corrected chi connectivity index (χ2v) is 14.4. The zero-order chi connectivity index (χ0) is 33.1. The average molecular weight is 657 g/mol. The Labute approximate surface area is 294 Å². The van der Waals surface area contributed by atoms with Crippen LogP contribution in [0.2, 0.25) is 5.02 Å². The molecule has 1 N–H and O–H groups in total. The van der Waals surface area contributed by atoms with E-state index in [1.165, 1.54) is 103 Å². The van der Waals surface area contributed by atoms with Crippen molar-refractivity contribution >= 4 is 72.4 Å². The van der Waals surface area contributed by atoms with Gasteiger partial charge >= 0.3 is 0 Å². The lowest BCUT2D eigenvalue weighted by Gasteiger charge is -2.31. The van der Waals surface area contributed by atoms with Gasteiger partial charge in [0.2, 0.25) is 0 Å². The summed E-state index contributed by atoms with van der Waals surface area (Å²) in [7, 11) is 0. The standard InChI is InChI=1S/C46H41ClN2/c1-29-34-14-5-3-12-31(34)22-26-42(29)48-43-20-11-21-45(46(43)47)49(44-27-23-32-13-4-6-15-35(32)30(44)2)33-24-25-40-38-18-8-7-16-36(38)37-17-9-10-19-39(37)41(40)28-33/h7-11,16-28,48H,3-6,12-15H2,1-2H3. The monoisotopic (exact) mass is 656 g/mol. The van der Waals surface area contributed by atoms with E-state index in [-0.39, 0.29) is 0 Å². The molecule has 0 radical (unpaired) electrons. The van der Waals surface area contributed by atoms with Crippen LogP contribution in [0.15, 0.2) is 109 Å². The summed E-state index contributed by atoms with van der Waals surface area (Å²) in [6, 6.07) is 40.3. The van der Waals surface area contributed by atoms with Crippen molar-refractivity contribution in [1.82, 2.24) is 0 Å². The van der Waals surface area contributed by atoms with Crippen molar-refractivity contribution in [2.45, 2.75) is 65.2 Å². The number of nitrogens with one attached hydrogen (secondary N) is 1. The van der Waals surface area contributed by atoms with E-state index in [4.69, 9.17) is 11.6 Å². The molecule has 0 aliphatic heterocycles. The zero-order valence-corrected chi connectivity index (χ0v) is 29.1. The topological polar surface area (TPSA) is 15.3 Å². The maximum Gasteiger partial charge on any atom is 0.0881 e. The number of nitrogens with zero attached hydrogens (tertiary/aromatic N) is 1. The molecule has 49 heavy (non-hydrogen) atoms. The summed E-state index contributed by atoms with van der Waals surface area (Å²) in [5.41, 5.74) is 14.0. The molecule has 9 rings (SSSR count). The molecule has 0 amide bonds. The molecule has 0 fully saturated rings. The SMILES string of the molecule is Cc1c(Nc2cccc(N(c3ccc4c5ccccc5c5ccccc5c4c3)c3ccc4c(c3C)CCCC4)c2Cl)ccc2c1CCCC2. The normalized spacial score (nSPS) is 14.2. The van der Waals surface area contributed by atoms with Crippen molar-refractivity contribution in [3.63, 3.8) is 0 Å². The van der Waals surface area contributed by atoms with Gasteiger partial charge in [0, 0.05) is 17.1 Å². The van der Waals surface area contributed by atoms with Crippen LogP contribution >= 0.6 is 11.6 Å². The Morgan fingerprint density at radius 1 is 0.490 bits per heavy atom. The number of fused-ring (bicyclic) bond motifs is 8. The second kappa shape index (κ2) is 12.3. The smallest absolute Gasteiger partial charge is 0.0881 e. The number of benzene rings is 7. The van der Waals surface area contributed by atoms with Crippen LogP contribution in [0.25, 0.3) is 32.3 Å². The van der Waals surface area contributed by atoms with Gasteiger partial charge in [-0.2, -0.15) is 0 Å². The fourth-order valence-electron chi connectivity index (χ4n) is 8.77. The summed E-state index contributed by atoms with van der Waals surface area (Å²) < 4.78 is 0. The molecule has 2 aliphatic rings. The maximum absolute atomic E-state index is 7.53. The molecule has 0 atom stereocenters. The quantitative estimate of drug-likeness (QED) is 0.185. The highest BCUT2D eigenvalue weighted by atomic mass is 35.5. The predicted octanol–water partition coefficient (Wildman–Crippen LogP) is 13.4. The van der Waals surface area contributed by atoms with E-state index in [0.29, 0.717) is 0 Å². The van der Waals surface area contributed by atoms with Crippen LogP contribution in [0.5, 0.6) is 0 Å². The number of anilines is 5. The molecule has 0 bridgehead atoms. The molecule has 0 saturated carbocycles. The van der Waals surface area contributed by atoms with Gasteiger partial charge in [-0.15, -0.1) is 0 Å². The zero-order valence-electron chi connectivity index (χ0n) is 28.4. The fourth-order valence-corrected chi connectivity index (χ4v) is 9.02. The van der Waals surface area contributed by atoms with Crippen molar-refractivity contribution in [3.05, 3.63) is 148 Å². The third kappa shape index (κ3) is 5.08. The maximum atomic E-state index is 7.53. The Hall–Kier alpha value is -4.79. The Balaban J connectivity index is 1.25. The number of hydrogen-bond acceptors (Lipinski definition) is 2. The Bertz CT molecular complexity index is 2390. The van der Waals surface area contributed by atoms with E-state index in [2.05, 4.69) is 133 Å². The minimum atomic E-state index is 0.722. The Morgan fingerprint density at radius 3 is 1.73 bits per heavy atom. The fraction of sp³-hybridized carbons (Fsp3) is 0.217. The summed E-state index contributed by atoms with van der Waals surface area (Å²) in [6.45, 7) is 4.57. The first-order chi connectivity index (χ1) is 24.1. The molecule has 0 heterocycles. The van der Waals surface area contributed by atoms with Crippen LogP contribution in [-0.4, -0.2) is 0 Å². The molecule has 0 spiro atoms. The van der Waals surface area contributed by atoms with Gasteiger partial charge in [-0.25, -0.2) is 0 Å². The minimum Gasteiger partial charge on any atom is -0.354 e. The highest BCUT2D eigenvalue weighted by Crippen LogP contribution is 2.47. The van der Waals surface area contributed by atoms with Gasteiger partial charge in [-0.05, 0) is 167 Å². The summed E-state index contributed by atoms with van der Waals surface area (Å²) in [5.74, 6) is 0. The van der Waals surface area contributed by atoms with Crippen LogP contribution in [-0.2, 0) is 25.7 Å². The summed E-state index contributed by atoms with van der Waals surface area (Å²) in [4.78, 5) is 2.40. The van der Waals surface area contributed by atoms with Crippen molar-refractivity contribution in [2.24, 2.45) is 0 Å². The number of hydrogen-bond donors (Lipinski definition) is 1. The molecule has 0 aromatic heterocycles. The Morgan fingerprint density at radius 2 is 1.06 bits per heavy atom. The van der Waals surface area contributed by atoms with Gasteiger partial charge in [0.25, 0.3) is 0 Å². The lowest BCUT2D eigenvalue weighted by molar-refractivity contribution is 0.682. The summed E-state index contributed by atoms with van der Waals surface area (Å²) >= 11 is 7.53. The second-order valence-electron chi connectivity index (χ2n) is 14.1. The molecule has 3 heteroatoms. The van der Waals surface area contributed by atoms with Gasteiger partial charge in [0.1, 0.15) is 0 Å². The molecule has 0 saturated heterocycles. The Kier molecular flexibility index (Phi) is 7.58. The van der Waals surface area contributed by atoms with Crippen LogP contribution in [0, 0.1) is 13.8 Å². The first-order valence-electron chi connectivity index (χ1n) is 18.0. The highest BCUT2D eigenvalue weighted by molar-refractivity contribution is 6.36. The largest absolute Gasteiger partial charge is 0.354 e. The van der Waals surface area contributed by atoms with Gasteiger partial charge in [0.15, 0.2) is 0 Å². The minimum absolute atomic E-state index is 0.722. The molecule has 242 valence electrons. The molecular weight excluding hydrogens is 616 g/mol. The third-order valence-corrected chi connectivity index (χ3v) is 11.7. The average Bonchev–Trinajstić information content (AvgIpc) is 3.15. The molecule has 7 aromatic carbocycles. The van der Waals surface area contributed by atoms with Crippen LogP contribution in [0.4, 0.5) is 28.4 Å². The van der Waals surface area contributed by atoms with Gasteiger partial charge < -0.3 is 10.2 Å². The molecular formula is C46H41ClN2. The number of aryl methyl sites for hydroxylation is 2. The van der Waals surface area contributed by atoms with E-state index in [0.717, 1.165) is 47.0 Å². The molecule has 0 unspecified atom stereocenters. The van der Waals surface area contributed by atoms with E-state index in [1.54, 1.807) is 0 Å². The number of halogens is 1. The van der Waals surface area contributed by atoms with Crippen molar-refractivity contribution in [1.29, 1.82) is 0 Å². The lowest BCUT2D eigenvalue weighted by atomic mass is 9.87. The van der Waals surface area contributed by atoms with Crippen molar-refractivity contribution < 1.29 is 0 Å². The highest BCUT2D eigenvalue weighted by Gasteiger charge is 2.24. The van der Waals surface area contributed by atoms with Crippen LogP contribution in [0.1, 0.15) is 59.1 Å². The van der Waals surface area contributed by atoms with E-state index in [1.807, 2.05) is 0 Å². The molecule has 7 aromatic rings. The summed E-state index contributed by atoms with van der Waals surface area (Å²) in [5, 5.41) is 12.1. The van der Waals surface area contributed by atoms with E-state index in [9.17, 15) is 0 Å². The molecule has 2 nitrogen and oxygen atoms in total. The van der Waals surface area contributed by atoms with Crippen LogP contribution in [0.3, 0.4) is 0 Å². The van der Waals surface area contributed by atoms with Gasteiger partial charge in [-0.1, -0.05) is 84.4 Å². The van der Waals surface area contributed by atoms with E-state index < -0.39 is 0 Å². The van der Waals surface area contributed by atoms with Crippen molar-refractivity contribution in [3.8, 4) is 0 Å².